The number of aryl methyl sites for hydroxylation is 1. The first kappa shape index (κ1) is 14.7. The molecule has 0 saturated carbocycles. The lowest BCUT2D eigenvalue weighted by Gasteiger charge is -2.01. The number of rotatable bonds is 2. The molecule has 0 amide bonds. The second-order valence-electron chi connectivity index (χ2n) is 4.33. The van der Waals surface area contributed by atoms with Crippen LogP contribution in [0.25, 0.3) is 22.3 Å². The predicted octanol–water partition coefficient (Wildman–Crippen LogP) is 3.66. The van der Waals surface area contributed by atoms with Gasteiger partial charge < -0.3 is 10.1 Å². The van der Waals surface area contributed by atoms with Crippen molar-refractivity contribution in [2.45, 2.75) is 20.8 Å². The number of hydrogen-bond donors (Lipinski definition) is 2. The average Bonchev–Trinajstić information content (AvgIpc) is 2.88. The Hall–Kier alpha value is -2.69. The van der Waals surface area contributed by atoms with Crippen molar-refractivity contribution >= 4 is 17.0 Å². The van der Waals surface area contributed by atoms with Crippen LogP contribution < -0.4 is 0 Å². The number of hydrogen-bond acceptors (Lipinski definition) is 3. The van der Waals surface area contributed by atoms with Crippen molar-refractivity contribution in [3.05, 3.63) is 47.9 Å². The zero-order chi connectivity index (χ0) is 15.4. The number of nitrogens with one attached hydrogen (secondary N) is 1. The van der Waals surface area contributed by atoms with Crippen LogP contribution in [0.1, 0.15) is 30.0 Å². The van der Waals surface area contributed by atoms with Crippen LogP contribution in [-0.4, -0.2) is 26.0 Å². The molecule has 5 nitrogen and oxygen atoms in total. The highest BCUT2D eigenvalue weighted by Gasteiger charge is 2.08. The number of H-pyrrole nitrogens is 1. The maximum Gasteiger partial charge on any atom is 0.354 e. The first-order valence-electron chi connectivity index (χ1n) is 6.79. The molecule has 3 rings (SSSR count). The van der Waals surface area contributed by atoms with E-state index in [-0.39, 0.29) is 5.69 Å². The van der Waals surface area contributed by atoms with E-state index in [0.717, 1.165) is 22.3 Å². The summed E-state index contributed by atoms with van der Waals surface area (Å²) in [6.07, 6.45) is 1.69. The molecule has 0 aliphatic carbocycles. The zero-order valence-corrected chi connectivity index (χ0v) is 12.2. The van der Waals surface area contributed by atoms with Crippen molar-refractivity contribution in [2.75, 3.05) is 0 Å². The number of aromatic amines is 1. The molecular formula is C16H17N3O2. The molecule has 0 spiro atoms. The van der Waals surface area contributed by atoms with Gasteiger partial charge in [-0.2, -0.15) is 0 Å². The summed E-state index contributed by atoms with van der Waals surface area (Å²) >= 11 is 0. The monoisotopic (exact) mass is 283 g/mol. The summed E-state index contributed by atoms with van der Waals surface area (Å²) < 4.78 is 0. The minimum atomic E-state index is -1.03. The summed E-state index contributed by atoms with van der Waals surface area (Å²) in [5, 5.41) is 9.93. The predicted molar refractivity (Wildman–Crippen MR) is 82.4 cm³/mol. The van der Waals surface area contributed by atoms with Gasteiger partial charge in [0.2, 0.25) is 0 Å². The highest BCUT2D eigenvalue weighted by Crippen LogP contribution is 2.21. The van der Waals surface area contributed by atoms with E-state index in [9.17, 15) is 4.79 Å². The molecule has 5 heteroatoms. The fourth-order valence-corrected chi connectivity index (χ4v) is 2.01. The number of carbonyl (C=O) groups is 1. The standard InChI is InChI=1S/C14H11N3O2.C2H6/c1-8-5-9-6-10(7-15-13(9)16-8)11-3-2-4-12(17-11)14(18)19;1-2/h2-7H,1H3,(H,15,16)(H,18,19);1-2H3. The molecule has 3 aromatic rings. The van der Waals surface area contributed by atoms with Gasteiger partial charge in [0.25, 0.3) is 0 Å². The molecule has 3 aromatic heterocycles. The summed E-state index contributed by atoms with van der Waals surface area (Å²) in [7, 11) is 0. The molecule has 0 bridgehead atoms. The fraction of sp³-hybridized carbons (Fsp3) is 0.188. The number of carboxylic acid groups (broad SMARTS) is 1. The highest BCUT2D eigenvalue weighted by molar-refractivity contribution is 5.86. The molecule has 108 valence electrons. The molecule has 2 N–H and O–H groups in total. The lowest BCUT2D eigenvalue weighted by atomic mass is 10.1. The van der Waals surface area contributed by atoms with Gasteiger partial charge in [-0.15, -0.1) is 0 Å². The Morgan fingerprint density at radius 1 is 1.24 bits per heavy atom. The van der Waals surface area contributed by atoms with Gasteiger partial charge in [-0.3, -0.25) is 0 Å². The van der Waals surface area contributed by atoms with Gasteiger partial charge in [-0.1, -0.05) is 19.9 Å². The topological polar surface area (TPSA) is 78.9 Å². The van der Waals surface area contributed by atoms with Crippen LogP contribution in [0, 0.1) is 6.92 Å². The maximum absolute atomic E-state index is 10.9. The van der Waals surface area contributed by atoms with Crippen LogP contribution in [0.3, 0.4) is 0 Å². The van der Waals surface area contributed by atoms with Gasteiger partial charge >= 0.3 is 5.97 Å². The quantitative estimate of drug-likeness (QED) is 0.752. The lowest BCUT2D eigenvalue weighted by molar-refractivity contribution is 0.0690. The normalized spacial score (nSPS) is 10.0. The van der Waals surface area contributed by atoms with Crippen LogP contribution in [0.4, 0.5) is 0 Å². The van der Waals surface area contributed by atoms with Crippen molar-refractivity contribution in [3.8, 4) is 11.3 Å². The molecule has 0 aliphatic heterocycles. The summed E-state index contributed by atoms with van der Waals surface area (Å²) in [6.45, 7) is 5.96. The lowest BCUT2D eigenvalue weighted by Crippen LogP contribution is -2.00. The number of carboxylic acids is 1. The summed E-state index contributed by atoms with van der Waals surface area (Å²) in [5.74, 6) is -1.03. The number of pyridine rings is 2. The van der Waals surface area contributed by atoms with Gasteiger partial charge in [-0.05, 0) is 31.2 Å². The third kappa shape index (κ3) is 3.08. The van der Waals surface area contributed by atoms with Gasteiger partial charge in [-0.25, -0.2) is 14.8 Å². The molecule has 21 heavy (non-hydrogen) atoms. The molecule has 0 radical (unpaired) electrons. The Balaban J connectivity index is 0.000000774. The fourth-order valence-electron chi connectivity index (χ4n) is 2.01. The molecule has 0 aliphatic rings. The molecular weight excluding hydrogens is 266 g/mol. The van der Waals surface area contributed by atoms with Crippen molar-refractivity contribution in [1.29, 1.82) is 0 Å². The maximum atomic E-state index is 10.9. The third-order valence-corrected chi connectivity index (χ3v) is 2.87. The van der Waals surface area contributed by atoms with Crippen LogP contribution in [0.15, 0.2) is 36.5 Å². The largest absolute Gasteiger partial charge is 0.477 e. The van der Waals surface area contributed by atoms with Crippen molar-refractivity contribution in [1.82, 2.24) is 15.0 Å². The molecule has 3 heterocycles. The average molecular weight is 283 g/mol. The van der Waals surface area contributed by atoms with Crippen LogP contribution in [0.2, 0.25) is 0 Å². The minimum absolute atomic E-state index is 0.0304. The van der Waals surface area contributed by atoms with Gasteiger partial charge in [0.05, 0.1) is 5.69 Å². The second kappa shape index (κ2) is 6.17. The number of nitrogens with zero attached hydrogens (tertiary/aromatic N) is 2. The Bertz CT molecular complexity index is 778. The first-order valence-corrected chi connectivity index (χ1v) is 6.79. The summed E-state index contributed by atoms with van der Waals surface area (Å²) in [4.78, 5) is 22.5. The number of aromatic nitrogens is 3. The number of aromatic carboxylic acids is 1. The molecule has 0 unspecified atom stereocenters. The number of fused-ring (bicyclic) bond motifs is 1. The van der Waals surface area contributed by atoms with Gasteiger partial charge in [0.15, 0.2) is 0 Å². The Kier molecular flexibility index (Phi) is 4.33. The van der Waals surface area contributed by atoms with E-state index in [1.807, 2.05) is 32.9 Å². The Labute approximate surface area is 122 Å². The van der Waals surface area contributed by atoms with Crippen LogP contribution in [0.5, 0.6) is 0 Å². The Morgan fingerprint density at radius 3 is 2.71 bits per heavy atom. The van der Waals surface area contributed by atoms with Gasteiger partial charge in [0.1, 0.15) is 11.3 Å². The van der Waals surface area contributed by atoms with Crippen LogP contribution in [-0.2, 0) is 0 Å². The van der Waals surface area contributed by atoms with E-state index in [1.165, 1.54) is 6.07 Å². The molecule has 0 atom stereocenters. The minimum Gasteiger partial charge on any atom is -0.477 e. The SMILES string of the molecule is CC.Cc1cc2cc(-c3cccc(C(=O)O)n3)cnc2[nH]1. The molecule has 0 saturated heterocycles. The molecule has 0 aromatic carbocycles. The zero-order valence-electron chi connectivity index (χ0n) is 12.2. The van der Waals surface area contributed by atoms with Crippen molar-refractivity contribution in [2.24, 2.45) is 0 Å². The van der Waals surface area contributed by atoms with E-state index < -0.39 is 5.97 Å². The first-order chi connectivity index (χ1) is 10.1. The van der Waals surface area contributed by atoms with E-state index in [1.54, 1.807) is 18.3 Å². The highest BCUT2D eigenvalue weighted by atomic mass is 16.4. The van der Waals surface area contributed by atoms with E-state index in [4.69, 9.17) is 5.11 Å². The second-order valence-corrected chi connectivity index (χ2v) is 4.33. The summed E-state index contributed by atoms with van der Waals surface area (Å²) in [6, 6.07) is 8.86. The summed E-state index contributed by atoms with van der Waals surface area (Å²) in [5.41, 5.74) is 3.29. The third-order valence-electron chi connectivity index (χ3n) is 2.87. The Morgan fingerprint density at radius 2 is 2.00 bits per heavy atom. The van der Waals surface area contributed by atoms with E-state index in [0.29, 0.717) is 5.69 Å². The van der Waals surface area contributed by atoms with E-state index >= 15 is 0 Å². The van der Waals surface area contributed by atoms with E-state index in [2.05, 4.69) is 15.0 Å². The van der Waals surface area contributed by atoms with Crippen molar-refractivity contribution in [3.63, 3.8) is 0 Å². The smallest absolute Gasteiger partial charge is 0.354 e. The van der Waals surface area contributed by atoms with Crippen LogP contribution >= 0.6 is 0 Å². The molecule has 0 fully saturated rings. The van der Waals surface area contributed by atoms with Gasteiger partial charge in [0, 0.05) is 22.8 Å². The van der Waals surface area contributed by atoms with Crippen molar-refractivity contribution < 1.29 is 9.90 Å².